The van der Waals surface area contributed by atoms with Crippen molar-refractivity contribution < 1.29 is 19.0 Å². The van der Waals surface area contributed by atoms with Gasteiger partial charge in [-0.3, -0.25) is 4.79 Å². The molecule has 1 rings (SSSR count). The van der Waals surface area contributed by atoms with Gasteiger partial charge in [-0.15, -0.1) is 0 Å². The van der Waals surface area contributed by atoms with E-state index in [9.17, 15) is 9.18 Å². The molecule has 3 nitrogen and oxygen atoms in total. The van der Waals surface area contributed by atoms with E-state index in [1.54, 1.807) is 18.2 Å². The minimum absolute atomic E-state index is 0.0799. The summed E-state index contributed by atoms with van der Waals surface area (Å²) < 4.78 is 16.3. The third-order valence-electron chi connectivity index (χ3n) is 1.48. The van der Waals surface area contributed by atoms with Gasteiger partial charge in [0.15, 0.2) is 0 Å². The van der Waals surface area contributed by atoms with Crippen LogP contribution in [0.15, 0.2) is 24.3 Å². The molecule has 0 aliphatic heterocycles. The molecule has 70 valence electrons. The van der Waals surface area contributed by atoms with Crippen LogP contribution < -0.4 is 4.74 Å². The number of carbonyl (C=O) groups is 1. The largest absolute Gasteiger partial charge is 0.481 e. The molecule has 0 bridgehead atoms. The maximum Gasteiger partial charge on any atom is 0.307 e. The molecule has 1 aromatic carbocycles. The van der Waals surface area contributed by atoms with Crippen LogP contribution >= 0.6 is 0 Å². The zero-order valence-corrected chi connectivity index (χ0v) is 6.87. The van der Waals surface area contributed by atoms with Crippen molar-refractivity contribution in [1.82, 2.24) is 0 Å². The minimum atomic E-state index is -0.919. The van der Waals surface area contributed by atoms with Gasteiger partial charge >= 0.3 is 5.97 Å². The molecule has 0 atom stereocenters. The number of alkyl halides is 1. The van der Waals surface area contributed by atoms with Crippen LogP contribution in [0.1, 0.15) is 5.56 Å². The van der Waals surface area contributed by atoms with Crippen LogP contribution in [-0.2, 0) is 11.2 Å². The summed E-state index contributed by atoms with van der Waals surface area (Å²) in [5, 5.41) is 8.47. The lowest BCUT2D eigenvalue weighted by Gasteiger charge is -2.02. The average molecular weight is 184 g/mol. The van der Waals surface area contributed by atoms with Crippen LogP contribution in [0, 0.1) is 0 Å². The van der Waals surface area contributed by atoms with E-state index < -0.39 is 12.8 Å². The predicted octanol–water partition coefficient (Wildman–Crippen LogP) is 1.62. The second-order valence-electron chi connectivity index (χ2n) is 2.47. The van der Waals surface area contributed by atoms with Crippen molar-refractivity contribution >= 4 is 5.97 Å². The Balaban J connectivity index is 2.73. The highest BCUT2D eigenvalue weighted by Crippen LogP contribution is 2.13. The molecule has 1 aromatic rings. The lowest BCUT2D eigenvalue weighted by molar-refractivity contribution is -0.136. The summed E-state index contributed by atoms with van der Waals surface area (Å²) in [6, 6.07) is 6.36. The fraction of sp³-hybridized carbons (Fsp3) is 0.222. The van der Waals surface area contributed by atoms with Gasteiger partial charge in [0.25, 0.3) is 0 Å². The normalized spacial score (nSPS) is 9.62. The summed E-state index contributed by atoms with van der Waals surface area (Å²) in [6.45, 7) is -0.906. The minimum Gasteiger partial charge on any atom is -0.481 e. The zero-order chi connectivity index (χ0) is 9.68. The van der Waals surface area contributed by atoms with E-state index in [0.29, 0.717) is 11.3 Å². The fourth-order valence-electron chi connectivity index (χ4n) is 0.983. The molecule has 0 aliphatic rings. The van der Waals surface area contributed by atoms with Crippen LogP contribution in [-0.4, -0.2) is 17.9 Å². The van der Waals surface area contributed by atoms with Crippen LogP contribution in [0.2, 0.25) is 0 Å². The maximum atomic E-state index is 11.7. The molecule has 1 N–H and O–H groups in total. The molecule has 13 heavy (non-hydrogen) atoms. The maximum absolute atomic E-state index is 11.7. The van der Waals surface area contributed by atoms with Crippen molar-refractivity contribution in [2.45, 2.75) is 6.42 Å². The molecule has 0 unspecified atom stereocenters. The highest BCUT2D eigenvalue weighted by Gasteiger charge is 2.01. The summed E-state index contributed by atoms with van der Waals surface area (Å²) in [6.07, 6.45) is -0.0799. The second-order valence-corrected chi connectivity index (χ2v) is 2.47. The number of hydrogen-bond donors (Lipinski definition) is 1. The van der Waals surface area contributed by atoms with Gasteiger partial charge in [-0.05, 0) is 17.7 Å². The van der Waals surface area contributed by atoms with Crippen molar-refractivity contribution in [1.29, 1.82) is 0 Å². The van der Waals surface area contributed by atoms with E-state index in [2.05, 4.69) is 4.74 Å². The Morgan fingerprint density at radius 3 is 2.92 bits per heavy atom. The first-order chi connectivity index (χ1) is 6.22. The molecule has 0 fully saturated rings. The Labute approximate surface area is 74.8 Å². The quantitative estimate of drug-likeness (QED) is 0.773. The summed E-state index contributed by atoms with van der Waals surface area (Å²) in [5.74, 6) is -0.571. The Bertz CT molecular complexity index is 299. The summed E-state index contributed by atoms with van der Waals surface area (Å²) in [7, 11) is 0. The van der Waals surface area contributed by atoms with Crippen molar-refractivity contribution in [3.05, 3.63) is 29.8 Å². The Hall–Kier alpha value is -1.58. The number of halogens is 1. The average Bonchev–Trinajstić information content (AvgIpc) is 2.04. The molecule has 0 heterocycles. The summed E-state index contributed by atoms with van der Waals surface area (Å²) >= 11 is 0. The standard InChI is InChI=1S/C9H9FO3/c10-6-13-8-3-1-2-7(4-8)5-9(11)12/h1-4H,5-6H2,(H,11,12). The van der Waals surface area contributed by atoms with E-state index in [4.69, 9.17) is 5.11 Å². The number of carboxylic acid groups (broad SMARTS) is 1. The van der Waals surface area contributed by atoms with Gasteiger partial charge < -0.3 is 9.84 Å². The van der Waals surface area contributed by atoms with Crippen molar-refractivity contribution in [2.24, 2.45) is 0 Å². The van der Waals surface area contributed by atoms with Crippen molar-refractivity contribution in [3.8, 4) is 5.75 Å². The Kier molecular flexibility index (Phi) is 3.25. The number of rotatable bonds is 4. The van der Waals surface area contributed by atoms with Gasteiger partial charge in [0.1, 0.15) is 5.75 Å². The number of carboxylic acids is 1. The Morgan fingerprint density at radius 1 is 1.54 bits per heavy atom. The first-order valence-corrected chi connectivity index (χ1v) is 3.72. The van der Waals surface area contributed by atoms with Gasteiger partial charge in [-0.25, -0.2) is 4.39 Å². The molecule has 0 aromatic heterocycles. The molecule has 0 aliphatic carbocycles. The fourth-order valence-corrected chi connectivity index (χ4v) is 0.983. The highest BCUT2D eigenvalue weighted by molar-refractivity contribution is 5.70. The van der Waals surface area contributed by atoms with E-state index in [1.165, 1.54) is 6.07 Å². The van der Waals surface area contributed by atoms with Crippen LogP contribution in [0.4, 0.5) is 4.39 Å². The highest BCUT2D eigenvalue weighted by atomic mass is 19.1. The van der Waals surface area contributed by atoms with Crippen LogP contribution in [0.5, 0.6) is 5.75 Å². The molecule has 0 saturated carbocycles. The second kappa shape index (κ2) is 4.45. The first kappa shape index (κ1) is 9.51. The van der Waals surface area contributed by atoms with Crippen molar-refractivity contribution in [2.75, 3.05) is 6.86 Å². The monoisotopic (exact) mass is 184 g/mol. The van der Waals surface area contributed by atoms with E-state index >= 15 is 0 Å². The number of aliphatic carboxylic acids is 1. The number of hydrogen-bond acceptors (Lipinski definition) is 2. The number of ether oxygens (including phenoxy) is 1. The van der Waals surface area contributed by atoms with E-state index in [1.807, 2.05) is 0 Å². The predicted molar refractivity (Wildman–Crippen MR) is 44.4 cm³/mol. The first-order valence-electron chi connectivity index (χ1n) is 3.72. The van der Waals surface area contributed by atoms with Gasteiger partial charge in [-0.2, -0.15) is 0 Å². The molecule has 0 radical (unpaired) electrons. The van der Waals surface area contributed by atoms with E-state index in [0.717, 1.165) is 0 Å². The third-order valence-corrected chi connectivity index (χ3v) is 1.48. The molecule has 0 spiro atoms. The smallest absolute Gasteiger partial charge is 0.307 e. The van der Waals surface area contributed by atoms with Crippen molar-refractivity contribution in [3.63, 3.8) is 0 Å². The number of benzene rings is 1. The van der Waals surface area contributed by atoms with Crippen LogP contribution in [0.3, 0.4) is 0 Å². The zero-order valence-electron chi connectivity index (χ0n) is 6.87. The SMILES string of the molecule is O=C(O)Cc1cccc(OCF)c1. The molecule has 0 amide bonds. The van der Waals surface area contributed by atoms with Gasteiger partial charge in [0, 0.05) is 0 Å². The van der Waals surface area contributed by atoms with Gasteiger partial charge in [0.2, 0.25) is 6.86 Å². The molecular formula is C9H9FO3. The lowest BCUT2D eigenvalue weighted by atomic mass is 10.1. The summed E-state index contributed by atoms with van der Waals surface area (Å²) in [4.78, 5) is 10.3. The summed E-state index contributed by atoms with van der Waals surface area (Å²) in [5.41, 5.74) is 0.596. The molecule has 0 saturated heterocycles. The van der Waals surface area contributed by atoms with E-state index in [-0.39, 0.29) is 6.42 Å². The molecule has 4 heteroatoms. The van der Waals surface area contributed by atoms with Gasteiger partial charge in [-0.1, -0.05) is 12.1 Å². The van der Waals surface area contributed by atoms with Crippen LogP contribution in [0.25, 0.3) is 0 Å². The Morgan fingerprint density at radius 2 is 2.31 bits per heavy atom. The molecular weight excluding hydrogens is 175 g/mol. The lowest BCUT2D eigenvalue weighted by Crippen LogP contribution is -2.00. The topological polar surface area (TPSA) is 46.5 Å². The third kappa shape index (κ3) is 3.11. The van der Waals surface area contributed by atoms with Gasteiger partial charge in [0.05, 0.1) is 6.42 Å².